The highest BCUT2D eigenvalue weighted by atomic mass is 79.9. The van der Waals surface area contributed by atoms with Crippen molar-refractivity contribution >= 4 is 60.4 Å². The fraction of sp³-hybridized carbons (Fsp3) is 0.400. The molecule has 0 bridgehead atoms. The first-order valence-electron chi connectivity index (χ1n) is 11.5. The third-order valence-electron chi connectivity index (χ3n) is 5.63. The number of benzene rings is 2. The van der Waals surface area contributed by atoms with Gasteiger partial charge in [0, 0.05) is 21.8 Å². The molecule has 2 aliphatic heterocycles. The zero-order valence-electron chi connectivity index (χ0n) is 20.2. The van der Waals surface area contributed by atoms with Crippen LogP contribution in [0.5, 0.6) is 0 Å². The molecule has 192 valence electrons. The molecule has 11 heteroatoms. The maximum Gasteiger partial charge on any atom is 0.408 e. The van der Waals surface area contributed by atoms with Crippen molar-refractivity contribution < 1.29 is 22.7 Å². The standard InChI is InChI=1S/C25H28BrN3O5S2/c1-25(2,3)34-24(31)27-19(12-16-8-5-4-6-9-16)22(30)28-23-29(18-11-7-10-17(26)13-18)20-14-36(32,33)15-21(20)35-23/h4-11,13,19-21H,12,14-15H2,1-3H3,(H,27,31)/t19-,20-,21-/m0/s1. The second-order valence-corrected chi connectivity index (χ2v) is 14.0. The number of aliphatic imine (C=N–C) groups is 1. The van der Waals surface area contributed by atoms with Crippen LogP contribution in [0.2, 0.25) is 0 Å². The molecule has 1 N–H and O–H groups in total. The molecule has 2 heterocycles. The lowest BCUT2D eigenvalue weighted by Gasteiger charge is -2.25. The van der Waals surface area contributed by atoms with E-state index >= 15 is 0 Å². The zero-order chi connectivity index (χ0) is 26.1. The summed E-state index contributed by atoms with van der Waals surface area (Å²) in [6.07, 6.45) is -0.471. The van der Waals surface area contributed by atoms with Crippen molar-refractivity contribution in [3.63, 3.8) is 0 Å². The summed E-state index contributed by atoms with van der Waals surface area (Å²) < 4.78 is 30.9. The maximum atomic E-state index is 13.5. The molecule has 2 aromatic rings. The van der Waals surface area contributed by atoms with Crippen LogP contribution < -0.4 is 10.2 Å². The summed E-state index contributed by atoms with van der Waals surface area (Å²) in [6, 6.07) is 15.5. The van der Waals surface area contributed by atoms with Crippen LogP contribution in [0.1, 0.15) is 26.3 Å². The molecule has 0 aromatic heterocycles. The largest absolute Gasteiger partial charge is 0.444 e. The number of fused-ring (bicyclic) bond motifs is 1. The van der Waals surface area contributed by atoms with Crippen LogP contribution in [0.4, 0.5) is 10.5 Å². The number of amides is 2. The van der Waals surface area contributed by atoms with Crippen LogP contribution in [-0.4, -0.2) is 60.0 Å². The van der Waals surface area contributed by atoms with Gasteiger partial charge in [-0.1, -0.05) is 64.1 Å². The number of nitrogens with one attached hydrogen (secondary N) is 1. The number of hydrogen-bond acceptors (Lipinski definition) is 6. The van der Waals surface area contributed by atoms with E-state index in [9.17, 15) is 18.0 Å². The number of thioether (sulfide) groups is 1. The molecule has 0 saturated carbocycles. The van der Waals surface area contributed by atoms with E-state index in [1.165, 1.54) is 11.8 Å². The fourth-order valence-corrected chi connectivity index (χ4v) is 8.47. The molecular weight excluding hydrogens is 566 g/mol. The highest BCUT2D eigenvalue weighted by Gasteiger charge is 2.49. The van der Waals surface area contributed by atoms with Gasteiger partial charge in [0.05, 0.1) is 17.5 Å². The van der Waals surface area contributed by atoms with E-state index in [1.807, 2.05) is 59.5 Å². The summed E-state index contributed by atoms with van der Waals surface area (Å²) in [5.41, 5.74) is 0.878. The van der Waals surface area contributed by atoms with E-state index in [0.29, 0.717) is 5.17 Å². The summed E-state index contributed by atoms with van der Waals surface area (Å²) in [6.45, 7) is 5.25. The Balaban J connectivity index is 1.65. The molecule has 2 aliphatic rings. The third-order valence-corrected chi connectivity index (χ3v) is 9.33. The second-order valence-electron chi connectivity index (χ2n) is 9.77. The van der Waals surface area contributed by atoms with E-state index in [2.05, 4.69) is 26.2 Å². The highest BCUT2D eigenvalue weighted by Crippen LogP contribution is 2.41. The minimum absolute atomic E-state index is 0.00596. The topological polar surface area (TPSA) is 105 Å². The minimum atomic E-state index is -3.19. The molecule has 0 radical (unpaired) electrons. The van der Waals surface area contributed by atoms with E-state index in [4.69, 9.17) is 4.74 Å². The van der Waals surface area contributed by atoms with Crippen LogP contribution in [-0.2, 0) is 25.8 Å². The zero-order valence-corrected chi connectivity index (χ0v) is 23.4. The number of halogens is 1. The molecule has 8 nitrogen and oxygen atoms in total. The number of sulfone groups is 1. The van der Waals surface area contributed by atoms with Crippen molar-refractivity contribution in [2.24, 2.45) is 4.99 Å². The lowest BCUT2D eigenvalue weighted by Crippen LogP contribution is -2.45. The Morgan fingerprint density at radius 3 is 2.56 bits per heavy atom. The molecule has 3 atom stereocenters. The minimum Gasteiger partial charge on any atom is -0.444 e. The molecule has 2 saturated heterocycles. The first-order chi connectivity index (χ1) is 16.9. The van der Waals surface area contributed by atoms with E-state index in [1.54, 1.807) is 20.8 Å². The van der Waals surface area contributed by atoms with Gasteiger partial charge in [0.2, 0.25) is 0 Å². The van der Waals surface area contributed by atoms with Crippen molar-refractivity contribution in [3.8, 4) is 0 Å². The van der Waals surface area contributed by atoms with Crippen molar-refractivity contribution in [3.05, 3.63) is 64.6 Å². The Labute approximate surface area is 223 Å². The Kier molecular flexibility index (Phi) is 7.82. The van der Waals surface area contributed by atoms with Crippen LogP contribution in [0.3, 0.4) is 0 Å². The summed E-state index contributed by atoms with van der Waals surface area (Å²) in [7, 11) is -3.19. The fourth-order valence-electron chi connectivity index (χ4n) is 4.16. The van der Waals surface area contributed by atoms with Gasteiger partial charge in [-0.25, -0.2) is 13.2 Å². The Morgan fingerprint density at radius 1 is 1.17 bits per heavy atom. The second kappa shape index (κ2) is 10.5. The predicted octanol–water partition coefficient (Wildman–Crippen LogP) is 4.19. The average Bonchev–Trinajstić information content (AvgIpc) is 3.23. The lowest BCUT2D eigenvalue weighted by atomic mass is 10.1. The van der Waals surface area contributed by atoms with Gasteiger partial charge < -0.3 is 15.0 Å². The third kappa shape index (κ3) is 6.68. The molecule has 36 heavy (non-hydrogen) atoms. The van der Waals surface area contributed by atoms with E-state index in [-0.39, 0.29) is 29.2 Å². The number of alkyl carbamates (subject to hydrolysis) is 1. The number of rotatable bonds is 5. The summed E-state index contributed by atoms with van der Waals surface area (Å²) in [5.74, 6) is -0.507. The van der Waals surface area contributed by atoms with Crippen molar-refractivity contribution in [1.82, 2.24) is 5.32 Å². The number of carbonyl (C=O) groups is 2. The summed E-state index contributed by atoms with van der Waals surface area (Å²) >= 11 is 4.76. The van der Waals surface area contributed by atoms with Crippen molar-refractivity contribution in [1.29, 1.82) is 0 Å². The van der Waals surface area contributed by atoms with Crippen molar-refractivity contribution in [2.75, 3.05) is 16.4 Å². The maximum absolute atomic E-state index is 13.5. The average molecular weight is 595 g/mol. The van der Waals surface area contributed by atoms with Crippen LogP contribution in [0, 0.1) is 0 Å². The van der Waals surface area contributed by atoms with Crippen molar-refractivity contribution in [2.45, 2.75) is 50.1 Å². The number of nitrogens with zero attached hydrogens (tertiary/aromatic N) is 2. The first-order valence-corrected chi connectivity index (χ1v) is 15.0. The number of ether oxygens (including phenoxy) is 1. The molecular formula is C25H28BrN3O5S2. The van der Waals surface area contributed by atoms with Crippen LogP contribution in [0.15, 0.2) is 64.1 Å². The smallest absolute Gasteiger partial charge is 0.408 e. The summed E-state index contributed by atoms with van der Waals surface area (Å²) in [4.78, 5) is 32.3. The van der Waals surface area contributed by atoms with Gasteiger partial charge in [-0.05, 0) is 44.5 Å². The molecule has 0 unspecified atom stereocenters. The highest BCUT2D eigenvalue weighted by molar-refractivity contribution is 9.10. The van der Waals surface area contributed by atoms with Gasteiger partial charge in [-0.2, -0.15) is 4.99 Å². The Morgan fingerprint density at radius 2 is 1.89 bits per heavy atom. The molecule has 2 aromatic carbocycles. The monoisotopic (exact) mass is 593 g/mol. The molecule has 0 aliphatic carbocycles. The van der Waals surface area contributed by atoms with Gasteiger partial charge in [0.15, 0.2) is 15.0 Å². The van der Waals surface area contributed by atoms with Gasteiger partial charge in [-0.3, -0.25) is 4.79 Å². The quantitative estimate of drug-likeness (QED) is 0.554. The predicted molar refractivity (Wildman–Crippen MR) is 146 cm³/mol. The number of hydrogen-bond donors (Lipinski definition) is 1. The molecule has 0 spiro atoms. The van der Waals surface area contributed by atoms with Gasteiger partial charge in [-0.15, -0.1) is 0 Å². The number of anilines is 1. The molecule has 2 amide bonds. The molecule has 4 rings (SSSR count). The van der Waals surface area contributed by atoms with Gasteiger partial charge >= 0.3 is 6.09 Å². The van der Waals surface area contributed by atoms with Crippen LogP contribution >= 0.6 is 27.7 Å². The summed E-state index contributed by atoms with van der Waals surface area (Å²) in [5, 5.41) is 2.87. The normalized spacial score (nSPS) is 22.8. The SMILES string of the molecule is CC(C)(C)OC(=O)N[C@@H](Cc1ccccc1)C(=O)N=C1S[C@H]2CS(=O)(=O)C[C@@H]2N1c1cccc(Br)c1. The Bertz CT molecular complexity index is 1280. The first kappa shape index (κ1) is 26.7. The molecule has 2 fully saturated rings. The van der Waals surface area contributed by atoms with Crippen LogP contribution in [0.25, 0.3) is 0 Å². The van der Waals surface area contributed by atoms with E-state index < -0.39 is 33.5 Å². The number of carbonyl (C=O) groups excluding carboxylic acids is 2. The van der Waals surface area contributed by atoms with E-state index in [0.717, 1.165) is 15.7 Å². The Hall–Kier alpha value is -2.37. The lowest BCUT2D eigenvalue weighted by molar-refractivity contribution is -0.119. The van der Waals surface area contributed by atoms with Gasteiger partial charge in [0.25, 0.3) is 5.91 Å². The van der Waals surface area contributed by atoms with Gasteiger partial charge in [0.1, 0.15) is 11.6 Å². The number of amidine groups is 1.